The van der Waals surface area contributed by atoms with Crippen molar-refractivity contribution in [2.75, 3.05) is 13.1 Å². The molecule has 0 atom stereocenters. The van der Waals surface area contributed by atoms with Gasteiger partial charge in [-0.05, 0) is 42.0 Å². The lowest BCUT2D eigenvalue weighted by molar-refractivity contribution is 0.0734. The predicted molar refractivity (Wildman–Crippen MR) is 101 cm³/mol. The Morgan fingerprint density at radius 2 is 1.96 bits per heavy atom. The van der Waals surface area contributed by atoms with E-state index >= 15 is 0 Å². The molecule has 0 bridgehead atoms. The Balaban J connectivity index is 1.68. The topological polar surface area (TPSA) is 62.3 Å². The molecule has 2 amide bonds. The molecule has 5 nitrogen and oxygen atoms in total. The van der Waals surface area contributed by atoms with E-state index in [2.05, 4.69) is 36.3 Å². The third-order valence-corrected chi connectivity index (χ3v) is 4.66. The van der Waals surface area contributed by atoms with Crippen LogP contribution < -0.4 is 5.32 Å². The number of nitrogens with zero attached hydrogens (tertiary/aromatic N) is 2. The van der Waals surface area contributed by atoms with Crippen molar-refractivity contribution in [1.29, 1.82) is 0 Å². The Kier molecular flexibility index (Phi) is 5.66. The molecular formula is C21H25N3O2. The Hall–Kier alpha value is -2.69. The summed E-state index contributed by atoms with van der Waals surface area (Å²) in [6.07, 6.45) is 3.30. The van der Waals surface area contributed by atoms with Gasteiger partial charge in [0.2, 0.25) is 0 Å². The summed E-state index contributed by atoms with van der Waals surface area (Å²) in [5.74, 6) is 0.237. The molecule has 26 heavy (non-hydrogen) atoms. The lowest BCUT2D eigenvalue weighted by Gasteiger charge is -2.29. The highest BCUT2D eigenvalue weighted by atomic mass is 16.2. The number of hydrogen-bond acceptors (Lipinski definition) is 3. The fraction of sp³-hybridized carbons (Fsp3) is 0.381. The number of carbonyl (C=O) groups is 2. The average molecular weight is 351 g/mol. The molecule has 0 aliphatic carbocycles. The Labute approximate surface area is 154 Å². The second-order valence-electron chi connectivity index (χ2n) is 7.11. The molecule has 2 heterocycles. The molecule has 0 radical (unpaired) electrons. The standard InChI is InChI=1S/C21H25N3O2/c1-15(2)7-10-23-20(25)19-13-17(8-11-22-19)21(26)24-12-9-16-5-3-4-6-18(16)14-24/h3-6,8,11,13,15H,7,9-10,12,14H2,1-2H3,(H,23,25). The van der Waals surface area contributed by atoms with Crippen LogP contribution in [0.1, 0.15) is 52.2 Å². The van der Waals surface area contributed by atoms with Crippen LogP contribution in [0.2, 0.25) is 0 Å². The fourth-order valence-electron chi connectivity index (χ4n) is 3.10. The number of carbonyl (C=O) groups excluding carboxylic acids is 2. The average Bonchev–Trinajstić information content (AvgIpc) is 2.66. The molecule has 1 aromatic carbocycles. The van der Waals surface area contributed by atoms with E-state index < -0.39 is 0 Å². The van der Waals surface area contributed by atoms with Crippen molar-refractivity contribution in [2.45, 2.75) is 33.2 Å². The fourth-order valence-corrected chi connectivity index (χ4v) is 3.10. The molecule has 2 aromatic rings. The minimum absolute atomic E-state index is 0.0573. The van der Waals surface area contributed by atoms with Crippen molar-refractivity contribution in [1.82, 2.24) is 15.2 Å². The van der Waals surface area contributed by atoms with Gasteiger partial charge in [0.25, 0.3) is 11.8 Å². The number of fused-ring (bicyclic) bond motifs is 1. The summed E-state index contributed by atoms with van der Waals surface area (Å²) in [6, 6.07) is 11.5. The van der Waals surface area contributed by atoms with Crippen LogP contribution in [-0.2, 0) is 13.0 Å². The second-order valence-corrected chi connectivity index (χ2v) is 7.11. The molecule has 136 valence electrons. The van der Waals surface area contributed by atoms with Crippen LogP contribution in [0.25, 0.3) is 0 Å². The van der Waals surface area contributed by atoms with Crippen LogP contribution in [0.3, 0.4) is 0 Å². The Morgan fingerprint density at radius 1 is 1.19 bits per heavy atom. The van der Waals surface area contributed by atoms with E-state index in [4.69, 9.17) is 0 Å². The zero-order chi connectivity index (χ0) is 18.5. The molecule has 1 aliphatic heterocycles. The lowest BCUT2D eigenvalue weighted by atomic mass is 9.99. The van der Waals surface area contributed by atoms with Gasteiger partial charge in [-0.2, -0.15) is 0 Å². The number of aromatic nitrogens is 1. The maximum atomic E-state index is 12.9. The monoisotopic (exact) mass is 351 g/mol. The van der Waals surface area contributed by atoms with E-state index in [0.717, 1.165) is 12.8 Å². The summed E-state index contributed by atoms with van der Waals surface area (Å²) in [4.78, 5) is 31.0. The number of rotatable bonds is 5. The maximum Gasteiger partial charge on any atom is 0.269 e. The summed E-state index contributed by atoms with van der Waals surface area (Å²) in [5.41, 5.74) is 3.29. The van der Waals surface area contributed by atoms with Gasteiger partial charge in [-0.25, -0.2) is 0 Å². The third-order valence-electron chi connectivity index (χ3n) is 4.66. The quantitative estimate of drug-likeness (QED) is 0.900. The van der Waals surface area contributed by atoms with Crippen LogP contribution in [0.15, 0.2) is 42.6 Å². The molecule has 0 spiro atoms. The molecule has 3 rings (SSSR count). The van der Waals surface area contributed by atoms with Gasteiger partial charge < -0.3 is 10.2 Å². The van der Waals surface area contributed by atoms with Gasteiger partial charge in [-0.1, -0.05) is 38.1 Å². The van der Waals surface area contributed by atoms with Gasteiger partial charge >= 0.3 is 0 Å². The van der Waals surface area contributed by atoms with Crippen LogP contribution in [0, 0.1) is 5.92 Å². The summed E-state index contributed by atoms with van der Waals surface area (Å²) in [6.45, 7) is 6.13. The predicted octanol–water partition coefficient (Wildman–Crippen LogP) is 3.06. The largest absolute Gasteiger partial charge is 0.351 e. The van der Waals surface area contributed by atoms with Crippen LogP contribution in [0.4, 0.5) is 0 Å². The number of benzene rings is 1. The molecule has 0 saturated heterocycles. The van der Waals surface area contributed by atoms with Crippen LogP contribution in [-0.4, -0.2) is 34.8 Å². The van der Waals surface area contributed by atoms with E-state index in [-0.39, 0.29) is 17.5 Å². The van der Waals surface area contributed by atoms with Crippen molar-refractivity contribution < 1.29 is 9.59 Å². The first-order valence-electron chi connectivity index (χ1n) is 9.15. The van der Waals surface area contributed by atoms with Crippen LogP contribution >= 0.6 is 0 Å². The molecule has 0 fully saturated rings. The summed E-state index contributed by atoms with van der Waals surface area (Å²) in [7, 11) is 0. The number of nitrogens with one attached hydrogen (secondary N) is 1. The lowest BCUT2D eigenvalue weighted by Crippen LogP contribution is -2.36. The zero-order valence-electron chi connectivity index (χ0n) is 15.4. The summed E-state index contributed by atoms with van der Waals surface area (Å²) in [5, 5.41) is 2.86. The maximum absolute atomic E-state index is 12.9. The molecule has 1 aromatic heterocycles. The SMILES string of the molecule is CC(C)CCNC(=O)c1cc(C(=O)N2CCc3ccccc3C2)ccn1. The zero-order valence-corrected chi connectivity index (χ0v) is 15.4. The van der Waals surface area contributed by atoms with Crippen molar-refractivity contribution in [3.8, 4) is 0 Å². The van der Waals surface area contributed by atoms with Gasteiger partial charge in [-0.15, -0.1) is 0 Å². The van der Waals surface area contributed by atoms with E-state index in [9.17, 15) is 9.59 Å². The highest BCUT2D eigenvalue weighted by Gasteiger charge is 2.22. The third kappa shape index (κ3) is 4.28. The smallest absolute Gasteiger partial charge is 0.269 e. The highest BCUT2D eigenvalue weighted by molar-refractivity contribution is 5.98. The second kappa shape index (κ2) is 8.13. The molecule has 1 N–H and O–H groups in total. The van der Waals surface area contributed by atoms with E-state index in [1.165, 1.54) is 17.3 Å². The molecular weight excluding hydrogens is 326 g/mol. The first-order chi connectivity index (χ1) is 12.5. The Morgan fingerprint density at radius 3 is 2.73 bits per heavy atom. The van der Waals surface area contributed by atoms with Gasteiger partial charge in [0.1, 0.15) is 5.69 Å². The summed E-state index contributed by atoms with van der Waals surface area (Å²) < 4.78 is 0. The van der Waals surface area contributed by atoms with E-state index in [0.29, 0.717) is 31.1 Å². The van der Waals surface area contributed by atoms with Gasteiger partial charge in [0.05, 0.1) is 0 Å². The minimum Gasteiger partial charge on any atom is -0.351 e. The summed E-state index contributed by atoms with van der Waals surface area (Å²) >= 11 is 0. The van der Waals surface area contributed by atoms with Crippen molar-refractivity contribution in [3.05, 3.63) is 65.0 Å². The first kappa shape index (κ1) is 18.1. The highest BCUT2D eigenvalue weighted by Crippen LogP contribution is 2.20. The number of pyridine rings is 1. The molecule has 0 unspecified atom stereocenters. The van der Waals surface area contributed by atoms with E-state index in [1.807, 2.05) is 17.0 Å². The molecule has 5 heteroatoms. The normalized spacial score (nSPS) is 13.4. The van der Waals surface area contributed by atoms with Gasteiger partial charge in [0.15, 0.2) is 0 Å². The Bertz CT molecular complexity index is 801. The number of amides is 2. The number of hydrogen-bond donors (Lipinski definition) is 1. The molecule has 0 saturated carbocycles. The first-order valence-corrected chi connectivity index (χ1v) is 9.15. The van der Waals surface area contributed by atoms with Crippen molar-refractivity contribution in [3.63, 3.8) is 0 Å². The van der Waals surface area contributed by atoms with Gasteiger partial charge in [-0.3, -0.25) is 14.6 Å². The molecule has 1 aliphatic rings. The van der Waals surface area contributed by atoms with E-state index in [1.54, 1.807) is 12.1 Å². The van der Waals surface area contributed by atoms with Gasteiger partial charge in [0, 0.05) is 31.4 Å². The minimum atomic E-state index is -0.232. The van der Waals surface area contributed by atoms with Crippen molar-refractivity contribution >= 4 is 11.8 Å². The van der Waals surface area contributed by atoms with Crippen LogP contribution in [0.5, 0.6) is 0 Å². The van der Waals surface area contributed by atoms with Crippen molar-refractivity contribution in [2.24, 2.45) is 5.92 Å².